The van der Waals surface area contributed by atoms with Crippen LogP contribution < -0.4 is 0 Å². The lowest BCUT2D eigenvalue weighted by atomic mass is 9.98. The number of allylic oxidation sites excluding steroid dienone is 8. The fourth-order valence-electron chi connectivity index (χ4n) is 6.94. The van der Waals surface area contributed by atoms with Crippen LogP contribution in [0.1, 0.15) is 181 Å². The first-order valence-electron chi connectivity index (χ1n) is 21.4. The lowest BCUT2D eigenvalue weighted by Gasteiger charge is -2.40. The van der Waals surface area contributed by atoms with Gasteiger partial charge in [0.2, 0.25) is 0 Å². The molecule has 0 aromatic heterocycles. The van der Waals surface area contributed by atoms with E-state index in [0.717, 1.165) is 18.9 Å². The molecule has 0 saturated carbocycles. The predicted molar refractivity (Wildman–Crippen MR) is 218 cm³/mol. The lowest BCUT2D eigenvalue weighted by molar-refractivity contribution is 0.0820. The Kier molecular flexibility index (Phi) is 33.3. The van der Waals surface area contributed by atoms with E-state index in [-0.39, 0.29) is 0 Å². The van der Waals surface area contributed by atoms with Gasteiger partial charge in [0.05, 0.1) is 0 Å². The Morgan fingerprint density at radius 3 is 1.23 bits per heavy atom. The molecule has 0 bridgehead atoms. The maximum atomic E-state index is 2.88. The second kappa shape index (κ2) is 35.7. The minimum atomic E-state index is 0.817. The van der Waals surface area contributed by atoms with Crippen LogP contribution in [-0.4, -0.2) is 74.1 Å². The van der Waals surface area contributed by atoms with Gasteiger partial charge in [-0.25, -0.2) is 0 Å². The Morgan fingerprint density at radius 2 is 0.833 bits per heavy atom. The zero-order valence-electron chi connectivity index (χ0n) is 33.2. The number of piperazine rings is 1. The van der Waals surface area contributed by atoms with Crippen molar-refractivity contribution in [1.29, 1.82) is 0 Å². The van der Waals surface area contributed by atoms with Crippen LogP contribution in [0.4, 0.5) is 0 Å². The summed E-state index contributed by atoms with van der Waals surface area (Å²) in [6.07, 6.45) is 54.2. The van der Waals surface area contributed by atoms with Gasteiger partial charge in [-0.3, -0.25) is 9.80 Å². The standard InChI is InChI=1S/C45H85N3/c1-5-7-9-11-13-15-17-19-21-23-25-27-29-31-33-35-37-45(48-43-41-47(42-44-48)40-39-46(3)4)38-36-34-32-30-28-26-24-22-20-18-16-14-12-10-8-6-2/h13-16,19-22,45H,5-12,17-18,23-44H2,1-4H3/b15-13-,16-14-,21-19-,22-20-. The van der Waals surface area contributed by atoms with Crippen LogP contribution in [-0.2, 0) is 0 Å². The van der Waals surface area contributed by atoms with Gasteiger partial charge in [-0.1, -0.05) is 152 Å². The van der Waals surface area contributed by atoms with Crippen LogP contribution in [0.15, 0.2) is 48.6 Å². The number of hydrogen-bond acceptors (Lipinski definition) is 3. The fourth-order valence-corrected chi connectivity index (χ4v) is 6.94. The maximum Gasteiger partial charge on any atom is 0.0113 e. The van der Waals surface area contributed by atoms with Gasteiger partial charge in [0.25, 0.3) is 0 Å². The Balaban J connectivity index is 2.19. The van der Waals surface area contributed by atoms with Gasteiger partial charge in [-0.05, 0) is 91.1 Å². The van der Waals surface area contributed by atoms with Crippen LogP contribution in [0.2, 0.25) is 0 Å². The summed E-state index contributed by atoms with van der Waals surface area (Å²) >= 11 is 0. The molecule has 48 heavy (non-hydrogen) atoms. The second-order valence-corrected chi connectivity index (χ2v) is 15.1. The number of rotatable bonds is 34. The predicted octanol–water partition coefficient (Wildman–Crippen LogP) is 12.9. The van der Waals surface area contributed by atoms with Gasteiger partial charge in [-0.15, -0.1) is 0 Å². The molecule has 1 fully saturated rings. The van der Waals surface area contributed by atoms with Crippen LogP contribution in [0.5, 0.6) is 0 Å². The fraction of sp³-hybridized carbons (Fsp3) is 0.822. The quantitative estimate of drug-likeness (QED) is 0.0499. The van der Waals surface area contributed by atoms with Crippen molar-refractivity contribution in [1.82, 2.24) is 14.7 Å². The zero-order chi connectivity index (χ0) is 34.6. The SMILES string of the molecule is CCCCC/C=C\C/C=C\CCCCCCCCC(CCCCCCCC/C=C\C/C=C\CCCCC)N1CCN(CCN(C)C)CC1. The third-order valence-electron chi connectivity index (χ3n) is 10.3. The van der Waals surface area contributed by atoms with E-state index in [0.29, 0.717) is 0 Å². The summed E-state index contributed by atoms with van der Waals surface area (Å²) in [5.41, 5.74) is 0. The molecule has 1 saturated heterocycles. The number of nitrogens with zero attached hydrogens (tertiary/aromatic N) is 3. The van der Waals surface area contributed by atoms with Gasteiger partial charge in [0.15, 0.2) is 0 Å². The molecule has 1 rings (SSSR count). The summed E-state index contributed by atoms with van der Waals surface area (Å²) in [4.78, 5) is 7.90. The molecule has 0 atom stereocenters. The highest BCUT2D eigenvalue weighted by molar-refractivity contribution is 4.93. The zero-order valence-corrected chi connectivity index (χ0v) is 33.2. The molecule has 0 N–H and O–H groups in total. The summed E-state index contributed by atoms with van der Waals surface area (Å²) < 4.78 is 0. The van der Waals surface area contributed by atoms with Crippen LogP contribution >= 0.6 is 0 Å². The Labute approximate surface area is 302 Å². The maximum absolute atomic E-state index is 2.88. The average Bonchev–Trinajstić information content (AvgIpc) is 3.09. The molecular formula is C45H85N3. The molecular weight excluding hydrogens is 583 g/mol. The molecule has 0 amide bonds. The van der Waals surface area contributed by atoms with Gasteiger partial charge in [0, 0.05) is 45.3 Å². The minimum Gasteiger partial charge on any atom is -0.308 e. The number of likely N-dealkylation sites (N-methyl/N-ethyl adjacent to an activating group) is 1. The smallest absolute Gasteiger partial charge is 0.0113 e. The summed E-state index contributed by atoms with van der Waals surface area (Å²) in [5, 5.41) is 0. The monoisotopic (exact) mass is 668 g/mol. The highest BCUT2D eigenvalue weighted by Crippen LogP contribution is 2.21. The van der Waals surface area contributed by atoms with E-state index in [1.54, 1.807) is 0 Å². The Bertz CT molecular complexity index is 710. The molecule has 3 heteroatoms. The highest BCUT2D eigenvalue weighted by atomic mass is 15.3. The van der Waals surface area contributed by atoms with Crippen molar-refractivity contribution in [2.45, 2.75) is 187 Å². The largest absolute Gasteiger partial charge is 0.308 e. The normalized spacial score (nSPS) is 15.3. The molecule has 0 aromatic carbocycles. The van der Waals surface area contributed by atoms with Crippen molar-refractivity contribution >= 4 is 0 Å². The van der Waals surface area contributed by atoms with Crippen LogP contribution in [0.25, 0.3) is 0 Å². The summed E-state index contributed by atoms with van der Waals surface area (Å²) in [6.45, 7) is 12.0. The van der Waals surface area contributed by atoms with Gasteiger partial charge < -0.3 is 4.90 Å². The summed E-state index contributed by atoms with van der Waals surface area (Å²) in [6, 6.07) is 0.817. The molecule has 0 unspecified atom stereocenters. The first kappa shape index (κ1) is 44.9. The molecule has 3 nitrogen and oxygen atoms in total. The van der Waals surface area contributed by atoms with Crippen molar-refractivity contribution in [3.63, 3.8) is 0 Å². The van der Waals surface area contributed by atoms with Crippen molar-refractivity contribution in [2.75, 3.05) is 53.4 Å². The molecule has 1 aliphatic rings. The van der Waals surface area contributed by atoms with E-state index in [1.165, 1.54) is 193 Å². The van der Waals surface area contributed by atoms with Crippen LogP contribution in [0, 0.1) is 0 Å². The first-order valence-corrected chi connectivity index (χ1v) is 21.4. The van der Waals surface area contributed by atoms with E-state index in [2.05, 4.69) is 91.3 Å². The number of hydrogen-bond donors (Lipinski definition) is 0. The van der Waals surface area contributed by atoms with E-state index in [9.17, 15) is 0 Å². The van der Waals surface area contributed by atoms with Gasteiger partial charge >= 0.3 is 0 Å². The van der Waals surface area contributed by atoms with Crippen molar-refractivity contribution < 1.29 is 0 Å². The molecule has 0 aromatic rings. The molecule has 0 spiro atoms. The Hall–Kier alpha value is -1.16. The van der Waals surface area contributed by atoms with Gasteiger partial charge in [0.1, 0.15) is 0 Å². The average molecular weight is 668 g/mol. The molecule has 1 aliphatic heterocycles. The van der Waals surface area contributed by atoms with Crippen molar-refractivity contribution in [3.8, 4) is 0 Å². The molecule has 0 radical (unpaired) electrons. The molecule has 0 aliphatic carbocycles. The second-order valence-electron chi connectivity index (χ2n) is 15.1. The van der Waals surface area contributed by atoms with Crippen LogP contribution in [0.3, 0.4) is 0 Å². The van der Waals surface area contributed by atoms with E-state index < -0.39 is 0 Å². The minimum absolute atomic E-state index is 0.817. The van der Waals surface area contributed by atoms with E-state index >= 15 is 0 Å². The third kappa shape index (κ3) is 29.7. The molecule has 1 heterocycles. The topological polar surface area (TPSA) is 9.72 Å². The first-order chi connectivity index (χ1) is 23.7. The highest BCUT2D eigenvalue weighted by Gasteiger charge is 2.23. The van der Waals surface area contributed by atoms with Gasteiger partial charge in [-0.2, -0.15) is 0 Å². The lowest BCUT2D eigenvalue weighted by Crippen LogP contribution is -2.51. The Morgan fingerprint density at radius 1 is 0.458 bits per heavy atom. The molecule has 280 valence electrons. The summed E-state index contributed by atoms with van der Waals surface area (Å²) in [5.74, 6) is 0. The van der Waals surface area contributed by atoms with Crippen molar-refractivity contribution in [2.24, 2.45) is 0 Å². The van der Waals surface area contributed by atoms with E-state index in [4.69, 9.17) is 0 Å². The van der Waals surface area contributed by atoms with Crippen molar-refractivity contribution in [3.05, 3.63) is 48.6 Å². The summed E-state index contributed by atoms with van der Waals surface area (Å²) in [7, 11) is 4.40. The number of unbranched alkanes of at least 4 members (excludes halogenated alkanes) is 18. The van der Waals surface area contributed by atoms with E-state index in [1.807, 2.05) is 0 Å². The third-order valence-corrected chi connectivity index (χ3v) is 10.3.